The van der Waals surface area contributed by atoms with Crippen LogP contribution in [-0.4, -0.2) is 112 Å². The number of hydrogen-bond donors (Lipinski definition) is 2. The molecule has 1 saturated heterocycles. The summed E-state index contributed by atoms with van der Waals surface area (Å²) >= 11 is 0. The third-order valence-electron chi connectivity index (χ3n) is 14.9. The molecule has 0 amide bonds. The molecule has 11 atom stereocenters. The maximum Gasteiger partial charge on any atom is 0.348 e. The maximum atomic E-state index is 15.7. The third kappa shape index (κ3) is 9.48. The molecular weight excluding hydrogens is 905 g/mol. The zero-order chi connectivity index (χ0) is 50.9. The average molecular weight is 965 g/mol. The summed E-state index contributed by atoms with van der Waals surface area (Å²) in [5.41, 5.74) is -7.15. The first-order valence-electron chi connectivity index (χ1n) is 23.5. The van der Waals surface area contributed by atoms with Gasteiger partial charge in [-0.05, 0) is 56.0 Å². The quantitative estimate of drug-likeness (QED) is 0.0733. The first-order chi connectivity index (χ1) is 33.1. The van der Waals surface area contributed by atoms with Crippen LogP contribution in [0.25, 0.3) is 0 Å². The SMILES string of the molecule is CC(=O)CCCC(=O)O[C@@H](C(=O)O[C@H]1C[C@@]2(O)[C@@H](OC(=O)c3ccccc3)[C@@H]3[C@]4(OC(C)=O)CO[C@@H]4C[C@H](O)[C@@]3(C)C(=O)[C@H](OC(C)=O)C(=C1C)C2(C)C)[C@@H](CC(=O)c1ccccc1)c1ccccc1. The third-order valence-corrected chi connectivity index (χ3v) is 14.9. The predicted molar refractivity (Wildman–Crippen MR) is 248 cm³/mol. The molecule has 16 nitrogen and oxygen atoms in total. The van der Waals surface area contributed by atoms with Crippen LogP contribution in [0.15, 0.2) is 102 Å². The Balaban J connectivity index is 1.41. The van der Waals surface area contributed by atoms with Gasteiger partial charge in [0.1, 0.15) is 29.7 Å². The van der Waals surface area contributed by atoms with E-state index in [0.29, 0.717) is 11.1 Å². The van der Waals surface area contributed by atoms with Crippen LogP contribution in [0.5, 0.6) is 0 Å². The van der Waals surface area contributed by atoms with Crippen LogP contribution in [0.3, 0.4) is 0 Å². The Hall–Kier alpha value is -6.36. The molecule has 70 heavy (non-hydrogen) atoms. The summed E-state index contributed by atoms with van der Waals surface area (Å²) in [6, 6.07) is 24.6. The molecule has 372 valence electrons. The van der Waals surface area contributed by atoms with E-state index in [1.54, 1.807) is 92.7 Å². The lowest BCUT2D eigenvalue weighted by atomic mass is 9.44. The van der Waals surface area contributed by atoms with Crippen molar-refractivity contribution in [2.75, 3.05) is 6.61 Å². The molecule has 1 aliphatic heterocycles. The fraction of sp³-hybridized carbons (Fsp3) is 0.481. The minimum absolute atomic E-state index is 0.0305. The summed E-state index contributed by atoms with van der Waals surface area (Å²) in [6.45, 7) is 9.28. The number of ketones is 3. The van der Waals surface area contributed by atoms with Crippen molar-refractivity contribution in [3.8, 4) is 0 Å². The monoisotopic (exact) mass is 964 g/mol. The molecule has 2 bridgehead atoms. The molecule has 0 aromatic heterocycles. The number of aliphatic hydroxyl groups excluding tert-OH is 1. The van der Waals surface area contributed by atoms with Crippen LogP contribution in [0, 0.1) is 16.7 Å². The Labute approximate surface area is 406 Å². The zero-order valence-electron chi connectivity index (χ0n) is 40.3. The van der Waals surface area contributed by atoms with Gasteiger partial charge in [0.25, 0.3) is 0 Å². The number of esters is 5. The Kier molecular flexibility index (Phi) is 14.8. The van der Waals surface area contributed by atoms with Gasteiger partial charge >= 0.3 is 29.8 Å². The Bertz CT molecular complexity index is 2550. The Morgan fingerprint density at radius 3 is 1.94 bits per heavy atom. The molecular formula is C54H60O16. The second-order valence-electron chi connectivity index (χ2n) is 19.7. The zero-order valence-corrected chi connectivity index (χ0v) is 40.3. The molecule has 0 spiro atoms. The van der Waals surface area contributed by atoms with Crippen molar-refractivity contribution < 1.29 is 77.0 Å². The van der Waals surface area contributed by atoms with Crippen molar-refractivity contribution in [3.63, 3.8) is 0 Å². The van der Waals surface area contributed by atoms with Crippen LogP contribution in [0.1, 0.15) is 119 Å². The van der Waals surface area contributed by atoms with E-state index in [-0.39, 0.29) is 61.2 Å². The van der Waals surface area contributed by atoms with Gasteiger partial charge in [-0.25, -0.2) is 9.59 Å². The van der Waals surface area contributed by atoms with Crippen LogP contribution in [0.2, 0.25) is 0 Å². The fourth-order valence-corrected chi connectivity index (χ4v) is 11.2. The average Bonchev–Trinajstić information content (AvgIpc) is 3.31. The number of hydrogen-bond acceptors (Lipinski definition) is 16. The van der Waals surface area contributed by atoms with Gasteiger partial charge in [-0.1, -0.05) is 92.7 Å². The Morgan fingerprint density at radius 2 is 1.39 bits per heavy atom. The molecule has 7 rings (SSSR count). The summed E-state index contributed by atoms with van der Waals surface area (Å²) in [5, 5.41) is 26.1. The van der Waals surface area contributed by atoms with E-state index in [1.807, 2.05) is 0 Å². The molecule has 3 aromatic carbocycles. The largest absolute Gasteiger partial charge is 0.455 e. The van der Waals surface area contributed by atoms with E-state index in [9.17, 15) is 39.0 Å². The molecule has 0 radical (unpaired) electrons. The van der Waals surface area contributed by atoms with Gasteiger partial charge in [0.2, 0.25) is 6.10 Å². The summed E-state index contributed by atoms with van der Waals surface area (Å²) in [7, 11) is 0. The highest BCUT2D eigenvalue weighted by Gasteiger charge is 2.78. The molecule has 16 heteroatoms. The van der Waals surface area contributed by atoms with Crippen molar-refractivity contribution >= 4 is 47.2 Å². The number of ether oxygens (including phenoxy) is 6. The molecule has 3 fully saturated rings. The number of Topliss-reactive ketones (excluding diaryl/α,β-unsaturated/α-hetero) is 3. The number of fused-ring (bicyclic) bond motifs is 5. The maximum absolute atomic E-state index is 15.7. The second kappa shape index (κ2) is 20.2. The number of benzene rings is 3. The minimum Gasteiger partial charge on any atom is -0.455 e. The van der Waals surface area contributed by atoms with Gasteiger partial charge in [-0.3, -0.25) is 24.0 Å². The van der Waals surface area contributed by atoms with E-state index in [1.165, 1.54) is 32.9 Å². The molecule has 3 aromatic rings. The second-order valence-corrected chi connectivity index (χ2v) is 19.7. The van der Waals surface area contributed by atoms with Gasteiger partial charge < -0.3 is 43.4 Å². The summed E-state index contributed by atoms with van der Waals surface area (Å²) < 4.78 is 36.8. The van der Waals surface area contributed by atoms with Crippen LogP contribution < -0.4 is 0 Å². The number of rotatable bonds is 16. The van der Waals surface area contributed by atoms with E-state index in [0.717, 1.165) is 13.8 Å². The van der Waals surface area contributed by atoms with Crippen molar-refractivity contribution in [3.05, 3.63) is 119 Å². The van der Waals surface area contributed by atoms with Crippen molar-refractivity contribution in [1.29, 1.82) is 0 Å². The molecule has 1 heterocycles. The van der Waals surface area contributed by atoms with Crippen LogP contribution in [-0.2, 0) is 57.2 Å². The van der Waals surface area contributed by atoms with Gasteiger partial charge in [0.05, 0.1) is 29.6 Å². The van der Waals surface area contributed by atoms with E-state index in [2.05, 4.69) is 0 Å². The first kappa shape index (κ1) is 51.5. The van der Waals surface area contributed by atoms with Crippen LogP contribution in [0.4, 0.5) is 0 Å². The highest BCUT2D eigenvalue weighted by molar-refractivity contribution is 5.98. The highest BCUT2D eigenvalue weighted by atomic mass is 16.6. The minimum atomic E-state index is -2.45. The Morgan fingerprint density at radius 1 is 0.786 bits per heavy atom. The molecule has 4 aliphatic rings. The number of carbonyl (C=O) groups excluding carboxylic acids is 8. The van der Waals surface area contributed by atoms with E-state index >= 15 is 9.59 Å². The topological polar surface area (TPSA) is 232 Å². The van der Waals surface area contributed by atoms with Crippen molar-refractivity contribution in [2.24, 2.45) is 16.7 Å². The molecule has 3 aliphatic carbocycles. The van der Waals surface area contributed by atoms with Crippen molar-refractivity contribution in [1.82, 2.24) is 0 Å². The number of carbonyl (C=O) groups is 8. The lowest BCUT2D eigenvalue weighted by Crippen LogP contribution is -2.82. The lowest BCUT2D eigenvalue weighted by molar-refractivity contribution is -0.346. The standard InChI is InChI=1S/C54H60O16/c1-30(55)18-17-25-42(60)68-44(37(34-19-11-8-12-20-34)26-38(58)35-21-13-9-14-22-35)50(63)67-39-28-54(64)48(69-49(62)36-23-15-10-16-24-36)46-52(7,40(59)27-41-53(46,29-65-41)70-33(4)57)47(61)45(66-32(3)56)43(31(39)2)51(54,5)6/h8-16,19-24,37,39-41,44-46,48,59,64H,17-18,25-29H2,1-7H3/t37-,39-,40-,41+,44+,45+,46-,48-,52+,53-,54+/m0/s1. The summed E-state index contributed by atoms with van der Waals surface area (Å²) in [4.78, 5) is 111. The summed E-state index contributed by atoms with van der Waals surface area (Å²) in [6.07, 6.45) is -11.0. The van der Waals surface area contributed by atoms with Gasteiger partial charge in [0, 0.05) is 62.8 Å². The summed E-state index contributed by atoms with van der Waals surface area (Å²) in [5.74, 6) is -8.89. The lowest BCUT2D eigenvalue weighted by Gasteiger charge is -2.67. The van der Waals surface area contributed by atoms with Gasteiger partial charge in [-0.2, -0.15) is 0 Å². The number of aliphatic hydroxyl groups is 2. The predicted octanol–water partition coefficient (Wildman–Crippen LogP) is 5.93. The first-order valence-corrected chi connectivity index (χ1v) is 23.5. The van der Waals surface area contributed by atoms with Crippen molar-refractivity contribution in [2.45, 2.75) is 141 Å². The van der Waals surface area contributed by atoms with E-state index in [4.69, 9.17) is 28.4 Å². The van der Waals surface area contributed by atoms with E-state index < -0.39 is 118 Å². The highest BCUT2D eigenvalue weighted by Crippen LogP contribution is 2.64. The molecule has 0 unspecified atom stereocenters. The van der Waals surface area contributed by atoms with Gasteiger partial charge in [-0.15, -0.1) is 0 Å². The molecule has 2 N–H and O–H groups in total. The fourth-order valence-electron chi connectivity index (χ4n) is 11.2. The normalized spacial score (nSPS) is 29.5. The smallest absolute Gasteiger partial charge is 0.348 e. The molecule has 2 saturated carbocycles. The van der Waals surface area contributed by atoms with Gasteiger partial charge in [0.15, 0.2) is 23.3 Å². The van der Waals surface area contributed by atoms with Crippen LogP contribution >= 0.6 is 0 Å².